The number of aliphatic hydroxyl groups excluding tert-OH is 1. The van der Waals surface area contributed by atoms with Crippen LogP contribution in [0.2, 0.25) is 0 Å². The lowest BCUT2D eigenvalue weighted by Crippen LogP contribution is -2.52. The van der Waals surface area contributed by atoms with E-state index in [2.05, 4.69) is 0 Å². The van der Waals surface area contributed by atoms with Crippen molar-refractivity contribution in [3.05, 3.63) is 0 Å². The van der Waals surface area contributed by atoms with Gasteiger partial charge >= 0.3 is 0 Å². The molecule has 1 saturated heterocycles. The molecular weight excluding hydrogens is 230 g/mol. The predicted molar refractivity (Wildman–Crippen MR) is 69.2 cm³/mol. The average molecular weight is 255 g/mol. The van der Waals surface area contributed by atoms with Crippen LogP contribution in [0.3, 0.4) is 0 Å². The van der Waals surface area contributed by atoms with E-state index < -0.39 is 0 Å². The molecule has 1 amide bonds. The molecule has 1 aliphatic carbocycles. The topological polar surface area (TPSA) is 49.8 Å². The molecular formula is C14H25NO3. The smallest absolute Gasteiger partial charge is 0.251 e. The number of rotatable bonds is 3. The molecule has 0 aromatic rings. The van der Waals surface area contributed by atoms with Crippen molar-refractivity contribution in [3.63, 3.8) is 0 Å². The summed E-state index contributed by atoms with van der Waals surface area (Å²) in [5.74, 6) is 0.361. The molecule has 104 valence electrons. The Kier molecular flexibility index (Phi) is 4.62. The van der Waals surface area contributed by atoms with Crippen LogP contribution in [0, 0.1) is 5.92 Å². The third-order valence-electron chi connectivity index (χ3n) is 4.56. The van der Waals surface area contributed by atoms with Crippen LogP contribution < -0.4 is 0 Å². The van der Waals surface area contributed by atoms with E-state index in [0.29, 0.717) is 0 Å². The van der Waals surface area contributed by atoms with Gasteiger partial charge in [0.05, 0.1) is 6.10 Å². The van der Waals surface area contributed by atoms with Crippen LogP contribution >= 0.6 is 0 Å². The lowest BCUT2D eigenvalue weighted by Gasteiger charge is -2.41. The van der Waals surface area contributed by atoms with Crippen molar-refractivity contribution in [2.45, 2.75) is 63.7 Å². The fraction of sp³-hybridized carbons (Fsp3) is 0.929. The number of ether oxygens (including phenoxy) is 1. The number of carbonyl (C=O) groups excluding carboxylic acids is 1. The minimum Gasteiger partial charge on any atom is -0.393 e. The molecule has 4 heteroatoms. The number of nitrogens with zero attached hydrogens (tertiary/aromatic N) is 1. The van der Waals surface area contributed by atoms with Gasteiger partial charge in [0.25, 0.3) is 5.91 Å². The number of methoxy groups -OCH3 is 1. The molecule has 0 aromatic heterocycles. The van der Waals surface area contributed by atoms with Crippen LogP contribution in [0.25, 0.3) is 0 Å². The number of aliphatic hydroxyl groups is 1. The summed E-state index contributed by atoms with van der Waals surface area (Å²) in [4.78, 5) is 14.3. The largest absolute Gasteiger partial charge is 0.393 e. The van der Waals surface area contributed by atoms with Crippen LogP contribution in [0.15, 0.2) is 0 Å². The second-order valence-corrected chi connectivity index (χ2v) is 5.63. The Labute approximate surface area is 109 Å². The molecule has 0 bridgehead atoms. The van der Waals surface area contributed by atoms with E-state index in [1.54, 1.807) is 14.0 Å². The Hall–Kier alpha value is -0.610. The van der Waals surface area contributed by atoms with Gasteiger partial charge in [-0.25, -0.2) is 0 Å². The number of carbonyl (C=O) groups is 1. The summed E-state index contributed by atoms with van der Waals surface area (Å²) in [5.41, 5.74) is 0. The highest BCUT2D eigenvalue weighted by molar-refractivity contribution is 5.81. The van der Waals surface area contributed by atoms with E-state index in [4.69, 9.17) is 4.74 Å². The van der Waals surface area contributed by atoms with E-state index in [-0.39, 0.29) is 30.1 Å². The number of hydrogen-bond acceptors (Lipinski definition) is 3. The Bertz CT molecular complexity index is 295. The quantitative estimate of drug-likeness (QED) is 0.832. The molecule has 4 unspecified atom stereocenters. The summed E-state index contributed by atoms with van der Waals surface area (Å²) in [6.45, 7) is 2.62. The van der Waals surface area contributed by atoms with E-state index in [1.807, 2.05) is 4.90 Å². The molecule has 0 radical (unpaired) electrons. The van der Waals surface area contributed by atoms with Gasteiger partial charge in [0.2, 0.25) is 0 Å². The normalized spacial score (nSPS) is 34.6. The maximum absolute atomic E-state index is 12.3. The first-order chi connectivity index (χ1) is 8.65. The highest BCUT2D eigenvalue weighted by atomic mass is 16.5. The number of piperidine rings is 1. The number of amides is 1. The third-order valence-corrected chi connectivity index (χ3v) is 4.56. The summed E-state index contributed by atoms with van der Waals surface area (Å²) in [7, 11) is 1.58. The van der Waals surface area contributed by atoms with Gasteiger partial charge < -0.3 is 14.7 Å². The Balaban J connectivity index is 2.08. The van der Waals surface area contributed by atoms with E-state index in [9.17, 15) is 9.90 Å². The van der Waals surface area contributed by atoms with Crippen molar-refractivity contribution in [3.8, 4) is 0 Å². The first kappa shape index (κ1) is 13.8. The van der Waals surface area contributed by atoms with Gasteiger partial charge in [0, 0.05) is 25.6 Å². The van der Waals surface area contributed by atoms with Crippen molar-refractivity contribution < 1.29 is 14.6 Å². The maximum Gasteiger partial charge on any atom is 0.251 e. The van der Waals surface area contributed by atoms with Crippen LogP contribution in [0.1, 0.15) is 45.4 Å². The molecule has 1 aliphatic heterocycles. The highest BCUT2D eigenvalue weighted by Gasteiger charge is 2.39. The summed E-state index contributed by atoms with van der Waals surface area (Å²) in [5, 5.41) is 10.1. The van der Waals surface area contributed by atoms with E-state index in [1.165, 1.54) is 6.42 Å². The molecule has 2 rings (SSSR count). The molecule has 2 fully saturated rings. The molecule has 1 heterocycles. The third kappa shape index (κ3) is 2.69. The molecule has 1 N–H and O–H groups in total. The molecule has 2 aliphatic rings. The minimum atomic E-state index is -0.371. The predicted octanol–water partition coefficient (Wildman–Crippen LogP) is 1.56. The van der Waals surface area contributed by atoms with Gasteiger partial charge in [-0.15, -0.1) is 0 Å². The van der Waals surface area contributed by atoms with Gasteiger partial charge in [-0.3, -0.25) is 4.79 Å². The second kappa shape index (κ2) is 6.02. The number of hydrogen-bond donors (Lipinski definition) is 1. The molecule has 18 heavy (non-hydrogen) atoms. The zero-order valence-electron chi connectivity index (χ0n) is 11.5. The van der Waals surface area contributed by atoms with Crippen LogP contribution in [0.4, 0.5) is 0 Å². The van der Waals surface area contributed by atoms with Gasteiger partial charge in [-0.1, -0.05) is 6.42 Å². The van der Waals surface area contributed by atoms with E-state index in [0.717, 1.165) is 38.6 Å². The SMILES string of the molecule is COC(C)C(=O)N1CCCCC1C1CCCC1O. The zero-order chi connectivity index (χ0) is 13.1. The monoisotopic (exact) mass is 255 g/mol. The van der Waals surface area contributed by atoms with E-state index >= 15 is 0 Å². The summed E-state index contributed by atoms with van der Waals surface area (Å²) < 4.78 is 5.15. The lowest BCUT2D eigenvalue weighted by atomic mass is 9.87. The lowest BCUT2D eigenvalue weighted by molar-refractivity contribution is -0.147. The Morgan fingerprint density at radius 2 is 2.06 bits per heavy atom. The van der Waals surface area contributed by atoms with Crippen molar-refractivity contribution in [1.29, 1.82) is 0 Å². The van der Waals surface area contributed by atoms with Crippen LogP contribution in [-0.4, -0.2) is 47.8 Å². The Morgan fingerprint density at radius 1 is 1.28 bits per heavy atom. The van der Waals surface area contributed by atoms with Gasteiger partial charge in [0.15, 0.2) is 0 Å². The number of likely N-dealkylation sites (tertiary alicyclic amines) is 1. The fourth-order valence-corrected chi connectivity index (χ4v) is 3.43. The van der Waals surface area contributed by atoms with Crippen molar-refractivity contribution in [2.75, 3.05) is 13.7 Å². The first-order valence-electron chi connectivity index (χ1n) is 7.16. The van der Waals surface area contributed by atoms with Crippen LogP contribution in [0.5, 0.6) is 0 Å². The average Bonchev–Trinajstić information content (AvgIpc) is 2.83. The second-order valence-electron chi connectivity index (χ2n) is 5.63. The minimum absolute atomic E-state index is 0.0845. The van der Waals surface area contributed by atoms with Crippen LogP contribution in [-0.2, 0) is 9.53 Å². The van der Waals surface area contributed by atoms with Gasteiger partial charge in [-0.05, 0) is 39.0 Å². The Morgan fingerprint density at radius 3 is 2.67 bits per heavy atom. The molecule has 4 nitrogen and oxygen atoms in total. The zero-order valence-corrected chi connectivity index (χ0v) is 11.5. The molecule has 1 saturated carbocycles. The molecule has 0 spiro atoms. The standard InChI is InChI=1S/C14H25NO3/c1-10(18-2)14(17)15-9-4-3-7-12(15)11-6-5-8-13(11)16/h10-13,16H,3-9H2,1-2H3. The van der Waals surface area contributed by atoms with Gasteiger partial charge in [-0.2, -0.15) is 0 Å². The molecule has 0 aromatic carbocycles. The van der Waals surface area contributed by atoms with Crippen molar-refractivity contribution in [1.82, 2.24) is 4.90 Å². The fourth-order valence-electron chi connectivity index (χ4n) is 3.43. The van der Waals surface area contributed by atoms with Gasteiger partial charge in [0.1, 0.15) is 6.10 Å². The van der Waals surface area contributed by atoms with Crippen molar-refractivity contribution in [2.24, 2.45) is 5.92 Å². The maximum atomic E-state index is 12.3. The first-order valence-corrected chi connectivity index (χ1v) is 7.16. The summed E-state index contributed by atoms with van der Waals surface area (Å²) >= 11 is 0. The summed E-state index contributed by atoms with van der Waals surface area (Å²) in [6, 6.07) is 0.223. The highest BCUT2D eigenvalue weighted by Crippen LogP contribution is 2.35. The van der Waals surface area contributed by atoms with Crippen molar-refractivity contribution >= 4 is 5.91 Å². The summed E-state index contributed by atoms with van der Waals surface area (Å²) in [6.07, 6.45) is 5.71. The molecule has 4 atom stereocenters.